The van der Waals surface area contributed by atoms with Crippen LogP contribution in [0.15, 0.2) is 60.7 Å². The van der Waals surface area contributed by atoms with E-state index in [-0.39, 0.29) is 42.9 Å². The highest BCUT2D eigenvalue weighted by Gasteiger charge is 2.20. The maximum absolute atomic E-state index is 12.1. The molecule has 0 amide bonds. The quantitative estimate of drug-likeness (QED) is 0.663. The number of carbonyl (C=O) groups is 2. The molecule has 2 rings (SSSR count). The van der Waals surface area contributed by atoms with Gasteiger partial charge in [-0.15, -0.1) is 0 Å². The van der Waals surface area contributed by atoms with Crippen LogP contribution in [0.1, 0.15) is 43.7 Å². The Kier molecular flexibility index (Phi) is 7.39. The van der Waals surface area contributed by atoms with Crippen LogP contribution in [0.3, 0.4) is 0 Å². The zero-order valence-corrected chi connectivity index (χ0v) is 15.6. The van der Waals surface area contributed by atoms with Gasteiger partial charge in [0.05, 0.1) is 25.0 Å². The van der Waals surface area contributed by atoms with Crippen molar-refractivity contribution in [3.63, 3.8) is 0 Å². The Balaban J connectivity index is 1.74. The number of hydrogen-bond donors (Lipinski definition) is 0. The number of ether oxygens (including phenoxy) is 2. The summed E-state index contributed by atoms with van der Waals surface area (Å²) >= 11 is 0. The van der Waals surface area contributed by atoms with Crippen molar-refractivity contribution in [2.45, 2.75) is 32.6 Å². The van der Waals surface area contributed by atoms with Crippen molar-refractivity contribution in [1.29, 1.82) is 0 Å². The molecule has 2 atom stereocenters. The second-order valence-corrected chi connectivity index (χ2v) is 6.63. The van der Waals surface area contributed by atoms with Crippen LogP contribution in [0.2, 0.25) is 0 Å². The fourth-order valence-electron chi connectivity index (χ4n) is 2.50. The Morgan fingerprint density at radius 1 is 0.692 bits per heavy atom. The second kappa shape index (κ2) is 9.76. The first kappa shape index (κ1) is 19.7. The van der Waals surface area contributed by atoms with Crippen molar-refractivity contribution in [3.05, 3.63) is 71.8 Å². The molecule has 4 heteroatoms. The van der Waals surface area contributed by atoms with Crippen LogP contribution in [-0.4, -0.2) is 25.2 Å². The van der Waals surface area contributed by atoms with Gasteiger partial charge in [0.25, 0.3) is 0 Å². The van der Waals surface area contributed by atoms with Gasteiger partial charge in [0.15, 0.2) is 0 Å². The summed E-state index contributed by atoms with van der Waals surface area (Å²) in [6.07, 6.45) is 0. The fraction of sp³-hybridized carbons (Fsp3) is 0.364. The van der Waals surface area contributed by atoms with E-state index in [4.69, 9.17) is 9.47 Å². The van der Waals surface area contributed by atoms with Gasteiger partial charge in [-0.1, -0.05) is 67.6 Å². The number of rotatable bonds is 8. The summed E-state index contributed by atoms with van der Waals surface area (Å²) < 4.78 is 10.7. The van der Waals surface area contributed by atoms with Crippen molar-refractivity contribution in [1.82, 2.24) is 0 Å². The highest BCUT2D eigenvalue weighted by molar-refractivity contribution is 5.78. The molecule has 0 N–H and O–H groups in total. The lowest BCUT2D eigenvalue weighted by Gasteiger charge is -2.17. The summed E-state index contributed by atoms with van der Waals surface area (Å²) in [5.74, 6) is -1.24. The summed E-state index contributed by atoms with van der Waals surface area (Å²) in [6.45, 7) is 5.99. The third-order valence-electron chi connectivity index (χ3n) is 4.33. The first-order valence-electron chi connectivity index (χ1n) is 8.92. The normalized spacial score (nSPS) is 14.1. The van der Waals surface area contributed by atoms with E-state index in [1.165, 1.54) is 0 Å². The molecule has 2 unspecified atom stereocenters. The minimum absolute atomic E-state index is 0.0613. The SMILES string of the molecule is CC(COC(=O)C(C)c1ccccc1)COC(=O)C(C)c1ccccc1. The Morgan fingerprint density at radius 2 is 1.04 bits per heavy atom. The first-order valence-corrected chi connectivity index (χ1v) is 8.92. The molecule has 2 aromatic carbocycles. The maximum atomic E-state index is 12.1. The van der Waals surface area contributed by atoms with E-state index in [0.29, 0.717) is 0 Å². The topological polar surface area (TPSA) is 52.6 Å². The van der Waals surface area contributed by atoms with Crippen LogP contribution in [0.25, 0.3) is 0 Å². The highest BCUT2D eigenvalue weighted by Crippen LogP contribution is 2.18. The van der Waals surface area contributed by atoms with E-state index in [1.807, 2.05) is 81.4 Å². The standard InChI is InChI=1S/C22H26O4/c1-16(14-25-21(23)17(2)19-10-6-4-7-11-19)15-26-22(24)18(3)20-12-8-5-9-13-20/h4-13,16-18H,14-15H2,1-3H3. The molecule has 138 valence electrons. The lowest BCUT2D eigenvalue weighted by Crippen LogP contribution is -2.22. The molecule has 0 aromatic heterocycles. The van der Waals surface area contributed by atoms with E-state index in [2.05, 4.69) is 0 Å². The van der Waals surface area contributed by atoms with Gasteiger partial charge in [0.1, 0.15) is 0 Å². The molecule has 0 fully saturated rings. The summed E-state index contributed by atoms with van der Waals surface area (Å²) in [6, 6.07) is 19.0. The maximum Gasteiger partial charge on any atom is 0.313 e. The van der Waals surface area contributed by atoms with Gasteiger partial charge in [0, 0.05) is 5.92 Å². The van der Waals surface area contributed by atoms with E-state index in [1.54, 1.807) is 0 Å². The number of benzene rings is 2. The van der Waals surface area contributed by atoms with E-state index >= 15 is 0 Å². The lowest BCUT2D eigenvalue weighted by atomic mass is 10.0. The summed E-state index contributed by atoms with van der Waals surface area (Å²) in [5.41, 5.74) is 1.85. The molecule has 0 saturated carbocycles. The Labute approximate surface area is 155 Å². The molecule has 0 aliphatic rings. The molecule has 0 radical (unpaired) electrons. The number of esters is 2. The van der Waals surface area contributed by atoms with Gasteiger partial charge in [-0.25, -0.2) is 0 Å². The van der Waals surface area contributed by atoms with Gasteiger partial charge < -0.3 is 9.47 Å². The van der Waals surface area contributed by atoms with Gasteiger partial charge in [-0.05, 0) is 25.0 Å². The molecule has 26 heavy (non-hydrogen) atoms. The van der Waals surface area contributed by atoms with E-state index in [0.717, 1.165) is 11.1 Å². The molecular weight excluding hydrogens is 328 g/mol. The van der Waals surface area contributed by atoms with E-state index in [9.17, 15) is 9.59 Å². The van der Waals surface area contributed by atoms with Crippen LogP contribution in [0.4, 0.5) is 0 Å². The zero-order chi connectivity index (χ0) is 18.9. The molecule has 4 nitrogen and oxygen atoms in total. The Hall–Kier alpha value is -2.62. The van der Waals surface area contributed by atoms with E-state index < -0.39 is 0 Å². The zero-order valence-electron chi connectivity index (χ0n) is 15.6. The minimum atomic E-state index is -0.316. The third kappa shape index (κ3) is 5.73. The molecule has 2 aromatic rings. The second-order valence-electron chi connectivity index (χ2n) is 6.63. The molecule has 0 spiro atoms. The van der Waals surface area contributed by atoms with Crippen molar-refractivity contribution >= 4 is 11.9 Å². The van der Waals surface area contributed by atoms with Crippen LogP contribution < -0.4 is 0 Å². The minimum Gasteiger partial charge on any atom is -0.465 e. The van der Waals surface area contributed by atoms with Crippen molar-refractivity contribution in [2.75, 3.05) is 13.2 Å². The van der Waals surface area contributed by atoms with Crippen molar-refractivity contribution in [3.8, 4) is 0 Å². The van der Waals surface area contributed by atoms with Gasteiger partial charge in [-0.3, -0.25) is 9.59 Å². The summed E-state index contributed by atoms with van der Waals surface area (Å²) in [5, 5.41) is 0. The third-order valence-corrected chi connectivity index (χ3v) is 4.33. The number of carbonyl (C=O) groups excluding carboxylic acids is 2. The molecule has 0 bridgehead atoms. The predicted octanol–water partition coefficient (Wildman–Crippen LogP) is 4.32. The molecule has 0 aliphatic heterocycles. The van der Waals surface area contributed by atoms with Crippen LogP contribution in [0, 0.1) is 5.92 Å². The average molecular weight is 354 g/mol. The predicted molar refractivity (Wildman–Crippen MR) is 101 cm³/mol. The Bertz CT molecular complexity index is 635. The molecule has 0 aliphatic carbocycles. The van der Waals surface area contributed by atoms with Crippen LogP contribution in [-0.2, 0) is 19.1 Å². The smallest absolute Gasteiger partial charge is 0.313 e. The monoisotopic (exact) mass is 354 g/mol. The lowest BCUT2D eigenvalue weighted by molar-refractivity contribution is -0.150. The summed E-state index contributed by atoms with van der Waals surface area (Å²) in [7, 11) is 0. The molecule has 0 heterocycles. The van der Waals surface area contributed by atoms with Gasteiger partial charge in [-0.2, -0.15) is 0 Å². The average Bonchev–Trinajstić information content (AvgIpc) is 2.70. The summed E-state index contributed by atoms with van der Waals surface area (Å²) in [4.78, 5) is 24.3. The van der Waals surface area contributed by atoms with Crippen LogP contribution >= 0.6 is 0 Å². The Morgan fingerprint density at radius 3 is 1.38 bits per heavy atom. The number of hydrogen-bond acceptors (Lipinski definition) is 4. The van der Waals surface area contributed by atoms with Gasteiger partial charge >= 0.3 is 11.9 Å². The van der Waals surface area contributed by atoms with Gasteiger partial charge in [0.2, 0.25) is 0 Å². The van der Waals surface area contributed by atoms with Crippen molar-refractivity contribution in [2.24, 2.45) is 5.92 Å². The fourth-order valence-corrected chi connectivity index (χ4v) is 2.50. The molecular formula is C22H26O4. The largest absolute Gasteiger partial charge is 0.465 e. The molecule has 0 saturated heterocycles. The first-order chi connectivity index (χ1) is 12.5. The van der Waals surface area contributed by atoms with Crippen molar-refractivity contribution < 1.29 is 19.1 Å². The highest BCUT2D eigenvalue weighted by atomic mass is 16.5. The van der Waals surface area contributed by atoms with Crippen LogP contribution in [0.5, 0.6) is 0 Å².